The summed E-state index contributed by atoms with van der Waals surface area (Å²) in [5.74, 6) is 0. The van der Waals surface area contributed by atoms with Gasteiger partial charge in [0.2, 0.25) is 0 Å². The molecule has 0 aromatic carbocycles. The quantitative estimate of drug-likeness (QED) is 0.802. The van der Waals surface area contributed by atoms with E-state index in [0.29, 0.717) is 11.3 Å². The minimum Gasteiger partial charge on any atom is -0.378 e. The molecule has 0 aliphatic heterocycles. The van der Waals surface area contributed by atoms with Crippen LogP contribution < -0.4 is 0 Å². The first-order valence-electron chi connectivity index (χ1n) is 7.78. The normalized spacial score (nSPS) is 14.2. The highest BCUT2D eigenvalue weighted by Gasteiger charge is 2.45. The third-order valence-electron chi connectivity index (χ3n) is 4.19. The van der Waals surface area contributed by atoms with Crippen molar-refractivity contribution < 1.29 is 5.11 Å². The van der Waals surface area contributed by atoms with Crippen molar-refractivity contribution >= 4 is 0 Å². The summed E-state index contributed by atoms with van der Waals surface area (Å²) in [7, 11) is 0. The van der Waals surface area contributed by atoms with Gasteiger partial charge >= 0.3 is 0 Å². The van der Waals surface area contributed by atoms with E-state index in [4.69, 9.17) is 0 Å². The second kappa shape index (κ2) is 6.09. The van der Waals surface area contributed by atoms with Crippen molar-refractivity contribution in [1.82, 2.24) is 19.9 Å². The third kappa shape index (κ3) is 2.78. The molecule has 3 aromatic heterocycles. The predicted molar refractivity (Wildman–Crippen MR) is 92.0 cm³/mol. The molecule has 1 unspecified atom stereocenters. The van der Waals surface area contributed by atoms with Crippen LogP contribution in [-0.4, -0.2) is 25.0 Å². The highest BCUT2D eigenvalue weighted by atomic mass is 16.3. The predicted octanol–water partition coefficient (Wildman–Crippen LogP) is 3.22. The molecule has 24 heavy (non-hydrogen) atoms. The molecule has 0 saturated carbocycles. The van der Waals surface area contributed by atoms with Gasteiger partial charge in [0.05, 0.1) is 5.69 Å². The van der Waals surface area contributed by atoms with E-state index in [-0.39, 0.29) is 0 Å². The van der Waals surface area contributed by atoms with Gasteiger partial charge in [-0.3, -0.25) is 9.97 Å². The Morgan fingerprint density at radius 2 is 1.54 bits per heavy atom. The van der Waals surface area contributed by atoms with Gasteiger partial charge in [-0.25, -0.2) is 9.97 Å². The molecule has 1 N–H and O–H groups in total. The monoisotopic (exact) mass is 320 g/mol. The summed E-state index contributed by atoms with van der Waals surface area (Å²) < 4.78 is 0. The highest BCUT2D eigenvalue weighted by Crippen LogP contribution is 2.43. The van der Waals surface area contributed by atoms with E-state index in [1.165, 1.54) is 6.33 Å². The van der Waals surface area contributed by atoms with E-state index < -0.39 is 11.0 Å². The highest BCUT2D eigenvalue weighted by molar-refractivity contribution is 5.61. The van der Waals surface area contributed by atoms with E-state index in [1.54, 1.807) is 31.0 Å². The maximum atomic E-state index is 11.5. The number of nitrogens with zero attached hydrogens (tertiary/aromatic N) is 4. The molecule has 0 aliphatic rings. The maximum Gasteiger partial charge on any atom is 0.139 e. The number of aromatic nitrogens is 4. The lowest BCUT2D eigenvalue weighted by Gasteiger charge is -2.39. The molecule has 122 valence electrons. The number of pyridine rings is 2. The molecule has 5 nitrogen and oxygen atoms in total. The molecule has 5 heteroatoms. The Morgan fingerprint density at radius 1 is 0.833 bits per heavy atom. The molecular weight excluding hydrogens is 300 g/mol. The number of aliphatic hydroxyl groups is 1. The van der Waals surface area contributed by atoms with Gasteiger partial charge in [-0.2, -0.15) is 0 Å². The lowest BCUT2D eigenvalue weighted by atomic mass is 9.71. The second-order valence-corrected chi connectivity index (χ2v) is 6.76. The third-order valence-corrected chi connectivity index (χ3v) is 4.19. The van der Waals surface area contributed by atoms with Crippen LogP contribution in [0.2, 0.25) is 0 Å². The van der Waals surface area contributed by atoms with Gasteiger partial charge < -0.3 is 5.11 Å². The summed E-state index contributed by atoms with van der Waals surface area (Å²) in [5.41, 5.74) is 1.35. The molecule has 3 aromatic rings. The Bertz CT molecular complexity index is 798. The maximum absolute atomic E-state index is 11.5. The van der Waals surface area contributed by atoms with Crippen molar-refractivity contribution in [3.05, 3.63) is 72.8 Å². The lowest BCUT2D eigenvalue weighted by molar-refractivity contribution is -0.0301. The number of hydrogen-bond donors (Lipinski definition) is 1. The number of hydrogen-bond acceptors (Lipinski definition) is 5. The molecule has 0 radical (unpaired) electrons. The Labute approximate surface area is 141 Å². The van der Waals surface area contributed by atoms with Crippen molar-refractivity contribution in [2.24, 2.45) is 5.41 Å². The van der Waals surface area contributed by atoms with Crippen LogP contribution in [0.25, 0.3) is 11.1 Å². The lowest BCUT2D eigenvalue weighted by Crippen LogP contribution is -2.42. The van der Waals surface area contributed by atoms with Crippen LogP contribution in [0.15, 0.2) is 61.6 Å². The van der Waals surface area contributed by atoms with Crippen molar-refractivity contribution in [3.63, 3.8) is 0 Å². The minimum absolute atomic E-state index is 0.486. The summed E-state index contributed by atoms with van der Waals surface area (Å²) in [5, 5.41) is 11.5. The first kappa shape index (κ1) is 16.2. The molecule has 0 saturated heterocycles. The van der Waals surface area contributed by atoms with E-state index in [9.17, 15) is 5.11 Å². The Hall–Kier alpha value is -2.66. The topological polar surface area (TPSA) is 71.8 Å². The van der Waals surface area contributed by atoms with Crippen LogP contribution in [-0.2, 0) is 5.60 Å². The van der Waals surface area contributed by atoms with Crippen molar-refractivity contribution in [2.75, 3.05) is 0 Å². The molecule has 0 spiro atoms. The molecule has 0 fully saturated rings. The Balaban J connectivity index is 2.07. The van der Waals surface area contributed by atoms with Gasteiger partial charge in [-0.15, -0.1) is 0 Å². The summed E-state index contributed by atoms with van der Waals surface area (Å²) >= 11 is 0. The smallest absolute Gasteiger partial charge is 0.139 e. The van der Waals surface area contributed by atoms with Crippen LogP contribution in [0.3, 0.4) is 0 Å². The van der Waals surface area contributed by atoms with E-state index in [0.717, 1.165) is 11.1 Å². The van der Waals surface area contributed by atoms with Gasteiger partial charge in [-0.1, -0.05) is 32.9 Å². The zero-order valence-corrected chi connectivity index (χ0v) is 14.0. The largest absolute Gasteiger partial charge is 0.378 e. The van der Waals surface area contributed by atoms with Crippen molar-refractivity contribution in [1.29, 1.82) is 0 Å². The Kier molecular flexibility index (Phi) is 4.11. The molecule has 0 bridgehead atoms. The fraction of sp³-hybridized carbons (Fsp3) is 0.263. The summed E-state index contributed by atoms with van der Waals surface area (Å²) in [6.07, 6.45) is 10.00. The zero-order chi connectivity index (χ0) is 17.2. The molecular formula is C19H20N4O. The van der Waals surface area contributed by atoms with E-state index in [1.807, 2.05) is 45.0 Å². The van der Waals surface area contributed by atoms with Crippen LogP contribution in [0.4, 0.5) is 0 Å². The van der Waals surface area contributed by atoms with Crippen LogP contribution >= 0.6 is 0 Å². The first-order valence-corrected chi connectivity index (χ1v) is 7.78. The van der Waals surface area contributed by atoms with Gasteiger partial charge in [-0.05, 0) is 12.1 Å². The van der Waals surface area contributed by atoms with Crippen LogP contribution in [0, 0.1) is 5.41 Å². The van der Waals surface area contributed by atoms with Gasteiger partial charge in [0.15, 0.2) is 0 Å². The first-order chi connectivity index (χ1) is 11.4. The average molecular weight is 320 g/mol. The van der Waals surface area contributed by atoms with Gasteiger partial charge in [0, 0.05) is 53.1 Å². The van der Waals surface area contributed by atoms with Crippen LogP contribution in [0.1, 0.15) is 32.0 Å². The standard InChI is InChI=1S/C19H20N4O/c1-18(2,3)19(24,16-11-21-13-22-12-16)17-7-6-15(10-23-17)14-5-4-8-20-9-14/h4-13,24H,1-3H3. The molecule has 3 rings (SSSR count). The SMILES string of the molecule is CC(C)(C)C(O)(c1cncnc1)c1ccc(-c2cccnc2)cn1. The summed E-state index contributed by atoms with van der Waals surface area (Å²) in [6.45, 7) is 5.91. The average Bonchev–Trinajstić information content (AvgIpc) is 2.62. The van der Waals surface area contributed by atoms with Gasteiger partial charge in [0.1, 0.15) is 11.9 Å². The summed E-state index contributed by atoms with van der Waals surface area (Å²) in [4.78, 5) is 16.8. The van der Waals surface area contributed by atoms with E-state index >= 15 is 0 Å². The Morgan fingerprint density at radius 3 is 2.08 bits per heavy atom. The fourth-order valence-corrected chi connectivity index (χ4v) is 2.76. The van der Waals surface area contributed by atoms with Crippen LogP contribution in [0.5, 0.6) is 0 Å². The molecule has 0 aliphatic carbocycles. The summed E-state index contributed by atoms with van der Waals surface area (Å²) in [6, 6.07) is 7.65. The van der Waals surface area contributed by atoms with Crippen molar-refractivity contribution in [3.8, 4) is 11.1 Å². The molecule has 1 atom stereocenters. The fourth-order valence-electron chi connectivity index (χ4n) is 2.76. The minimum atomic E-state index is -1.29. The molecule has 3 heterocycles. The molecule has 0 amide bonds. The van der Waals surface area contributed by atoms with Crippen molar-refractivity contribution in [2.45, 2.75) is 26.4 Å². The second-order valence-electron chi connectivity index (χ2n) is 6.76. The number of rotatable bonds is 3. The van der Waals surface area contributed by atoms with E-state index in [2.05, 4.69) is 19.9 Å². The van der Waals surface area contributed by atoms with Gasteiger partial charge in [0.25, 0.3) is 0 Å². The zero-order valence-electron chi connectivity index (χ0n) is 14.0.